The molecule has 4 rings (SSSR count). The van der Waals surface area contributed by atoms with Crippen molar-refractivity contribution in [3.63, 3.8) is 0 Å². The summed E-state index contributed by atoms with van der Waals surface area (Å²) in [6.07, 6.45) is -6.20. The third-order valence-electron chi connectivity index (χ3n) is 5.69. The maximum absolute atomic E-state index is 14.8. The summed E-state index contributed by atoms with van der Waals surface area (Å²) in [5.41, 5.74) is 0.977. The third-order valence-corrected chi connectivity index (χ3v) is 5.97. The van der Waals surface area contributed by atoms with Gasteiger partial charge in [0, 0.05) is 30.0 Å². The van der Waals surface area contributed by atoms with Gasteiger partial charge in [0.15, 0.2) is 11.2 Å². The number of fused-ring (bicyclic) bond motifs is 1. The number of hydrogen-bond acceptors (Lipinski definition) is 5. The molecule has 0 radical (unpaired) electrons. The fourth-order valence-corrected chi connectivity index (χ4v) is 4.52. The number of aliphatic imine (C=N–C) groups is 1. The summed E-state index contributed by atoms with van der Waals surface area (Å²) >= 11 is 5.74. The molecule has 2 unspecified atom stereocenters. The van der Waals surface area contributed by atoms with Crippen LogP contribution in [0.5, 0.6) is 0 Å². The highest BCUT2D eigenvalue weighted by Gasteiger charge is 2.63. The van der Waals surface area contributed by atoms with Crippen LogP contribution in [-0.2, 0) is 10.3 Å². The predicted molar refractivity (Wildman–Crippen MR) is 105 cm³/mol. The molecule has 0 bridgehead atoms. The zero-order valence-corrected chi connectivity index (χ0v) is 17.5. The second-order valence-electron chi connectivity index (χ2n) is 7.84. The lowest BCUT2D eigenvalue weighted by Crippen LogP contribution is -2.51. The minimum absolute atomic E-state index is 0.124. The molecule has 0 spiro atoms. The van der Waals surface area contributed by atoms with Crippen LogP contribution in [0, 0.1) is 11.7 Å². The van der Waals surface area contributed by atoms with E-state index >= 15 is 0 Å². The molecule has 2 heterocycles. The number of amides is 1. The minimum atomic E-state index is -3.48. The first-order valence-corrected chi connectivity index (χ1v) is 10.0. The van der Waals surface area contributed by atoms with Gasteiger partial charge in [-0.1, -0.05) is 11.6 Å². The monoisotopic (exact) mass is 513 g/mol. The maximum atomic E-state index is 14.8. The van der Waals surface area contributed by atoms with Crippen LogP contribution in [0.1, 0.15) is 35.4 Å². The van der Waals surface area contributed by atoms with E-state index in [1.165, 1.54) is 0 Å². The van der Waals surface area contributed by atoms with Crippen LogP contribution >= 0.6 is 11.6 Å². The van der Waals surface area contributed by atoms with Crippen LogP contribution in [0.3, 0.4) is 0 Å². The standard InChI is InChI=1S/C19H15ClF7N5O2/c20-10-6-32(16(24)25)31-13(10)14(33)29-7-1-2-11(21)8(3-7)19(15(22)23)9-4-18(26,27)5-12(9)34-17(28)30-19/h1-3,6,9,12,15-16H,4-5H2,(H2,28,30)(H,29,33)/t9?,12-,19?/m0/s1. The summed E-state index contributed by atoms with van der Waals surface area (Å²) in [6.45, 7) is -3.09. The van der Waals surface area contributed by atoms with Gasteiger partial charge in [-0.05, 0) is 18.2 Å². The molecule has 1 amide bonds. The SMILES string of the molecule is NC1=NC(c2cc(NC(=O)c3nn(C(F)F)cc3Cl)ccc2F)(C(F)F)C2CC(F)(F)C[C@@H]2O1. The van der Waals surface area contributed by atoms with Gasteiger partial charge in [-0.3, -0.25) is 4.79 Å². The van der Waals surface area contributed by atoms with Crippen molar-refractivity contribution >= 4 is 29.2 Å². The van der Waals surface area contributed by atoms with E-state index in [-0.39, 0.29) is 10.4 Å². The molecule has 1 fully saturated rings. The summed E-state index contributed by atoms with van der Waals surface area (Å²) < 4.78 is 103. The van der Waals surface area contributed by atoms with E-state index in [0.717, 1.165) is 18.2 Å². The van der Waals surface area contributed by atoms with E-state index < -0.39 is 83.3 Å². The van der Waals surface area contributed by atoms with Crippen molar-refractivity contribution in [2.24, 2.45) is 16.6 Å². The molecular weight excluding hydrogens is 499 g/mol. The second kappa shape index (κ2) is 8.32. The molecule has 2 aliphatic rings. The number of anilines is 1. The first-order chi connectivity index (χ1) is 15.8. The van der Waals surface area contributed by atoms with Gasteiger partial charge < -0.3 is 15.8 Å². The Labute approximate surface area is 191 Å². The summed E-state index contributed by atoms with van der Waals surface area (Å²) in [7, 11) is 0. The van der Waals surface area contributed by atoms with Gasteiger partial charge in [0.05, 0.1) is 11.2 Å². The zero-order valence-electron chi connectivity index (χ0n) is 16.8. The van der Waals surface area contributed by atoms with Crippen LogP contribution in [0.4, 0.5) is 36.4 Å². The number of rotatable bonds is 5. The van der Waals surface area contributed by atoms with Crippen molar-refractivity contribution in [2.75, 3.05) is 5.32 Å². The fourth-order valence-electron chi connectivity index (χ4n) is 4.29. The molecule has 1 aromatic carbocycles. The number of ether oxygens (including phenoxy) is 1. The van der Waals surface area contributed by atoms with Crippen molar-refractivity contribution in [1.82, 2.24) is 9.78 Å². The molecule has 1 aromatic heterocycles. The number of benzene rings is 1. The number of nitrogens with two attached hydrogens (primary N) is 1. The second-order valence-corrected chi connectivity index (χ2v) is 8.24. The number of hydrogen-bond donors (Lipinski definition) is 2. The molecule has 0 saturated heterocycles. The zero-order chi connectivity index (χ0) is 25.0. The Hall–Kier alpha value is -3.03. The molecular formula is C19H15ClF7N5O2. The van der Waals surface area contributed by atoms with Crippen LogP contribution < -0.4 is 11.1 Å². The van der Waals surface area contributed by atoms with Crippen LogP contribution in [0.15, 0.2) is 29.4 Å². The minimum Gasteiger partial charge on any atom is -0.461 e. The average molecular weight is 514 g/mol. The summed E-state index contributed by atoms with van der Waals surface area (Å²) in [5.74, 6) is -7.33. The molecule has 2 aromatic rings. The molecule has 15 heteroatoms. The lowest BCUT2D eigenvalue weighted by Gasteiger charge is -2.41. The van der Waals surface area contributed by atoms with Crippen LogP contribution in [0.25, 0.3) is 0 Å². The van der Waals surface area contributed by atoms with E-state index in [1.54, 1.807) is 0 Å². The number of amidine groups is 1. The van der Waals surface area contributed by atoms with Gasteiger partial charge in [-0.2, -0.15) is 13.9 Å². The number of carbonyl (C=O) groups excluding carboxylic acids is 1. The first kappa shape index (κ1) is 24.1. The van der Waals surface area contributed by atoms with Gasteiger partial charge in [-0.25, -0.2) is 31.6 Å². The summed E-state index contributed by atoms with van der Waals surface area (Å²) in [4.78, 5) is 16.0. The number of aromatic nitrogens is 2. The molecule has 184 valence electrons. The maximum Gasteiger partial charge on any atom is 0.333 e. The molecule has 34 heavy (non-hydrogen) atoms. The van der Waals surface area contributed by atoms with Gasteiger partial charge in [0.2, 0.25) is 0 Å². The van der Waals surface area contributed by atoms with E-state index in [2.05, 4.69) is 15.4 Å². The van der Waals surface area contributed by atoms with Crippen molar-refractivity contribution in [3.8, 4) is 0 Å². The molecule has 1 aliphatic heterocycles. The van der Waals surface area contributed by atoms with E-state index in [1.807, 2.05) is 0 Å². The van der Waals surface area contributed by atoms with Crippen molar-refractivity contribution in [3.05, 3.63) is 46.5 Å². The summed E-state index contributed by atoms with van der Waals surface area (Å²) in [5, 5.41) is 5.09. The Balaban J connectivity index is 1.74. The molecule has 7 nitrogen and oxygen atoms in total. The first-order valence-electron chi connectivity index (χ1n) is 9.66. The van der Waals surface area contributed by atoms with E-state index in [9.17, 15) is 35.5 Å². The lowest BCUT2D eigenvalue weighted by molar-refractivity contribution is -0.0392. The number of carbonyl (C=O) groups is 1. The Bertz CT molecular complexity index is 1160. The Kier molecular flexibility index (Phi) is 5.90. The van der Waals surface area contributed by atoms with Crippen LogP contribution in [-0.4, -0.2) is 40.2 Å². The van der Waals surface area contributed by atoms with Gasteiger partial charge in [0.25, 0.3) is 24.3 Å². The Morgan fingerprint density at radius 3 is 2.59 bits per heavy atom. The van der Waals surface area contributed by atoms with Crippen molar-refractivity contribution in [1.29, 1.82) is 0 Å². The van der Waals surface area contributed by atoms with E-state index in [0.29, 0.717) is 6.20 Å². The lowest BCUT2D eigenvalue weighted by atomic mass is 9.75. The van der Waals surface area contributed by atoms with Gasteiger partial charge >= 0.3 is 6.55 Å². The number of nitrogens with one attached hydrogen (secondary N) is 1. The smallest absolute Gasteiger partial charge is 0.333 e. The van der Waals surface area contributed by atoms with E-state index in [4.69, 9.17) is 22.1 Å². The predicted octanol–water partition coefficient (Wildman–Crippen LogP) is 4.54. The molecule has 3 atom stereocenters. The van der Waals surface area contributed by atoms with Gasteiger partial charge in [-0.15, -0.1) is 0 Å². The average Bonchev–Trinajstić information content (AvgIpc) is 3.27. The normalized spacial score (nSPS) is 25.8. The summed E-state index contributed by atoms with van der Waals surface area (Å²) in [6, 6.07) is 1.68. The molecule has 3 N–H and O–H groups in total. The van der Waals surface area contributed by atoms with Crippen LogP contribution in [0.2, 0.25) is 5.02 Å². The fraction of sp³-hybridized carbons (Fsp3) is 0.421. The Morgan fingerprint density at radius 2 is 1.97 bits per heavy atom. The number of halogens is 8. The number of nitrogens with zero attached hydrogens (tertiary/aromatic N) is 3. The highest BCUT2D eigenvalue weighted by atomic mass is 35.5. The highest BCUT2D eigenvalue weighted by Crippen LogP contribution is 2.55. The third kappa shape index (κ3) is 4.03. The highest BCUT2D eigenvalue weighted by molar-refractivity contribution is 6.34. The van der Waals surface area contributed by atoms with Crippen molar-refractivity contribution < 1.29 is 40.3 Å². The molecule has 1 saturated carbocycles. The Morgan fingerprint density at radius 1 is 1.26 bits per heavy atom. The topological polar surface area (TPSA) is 94.5 Å². The largest absolute Gasteiger partial charge is 0.461 e. The van der Waals surface area contributed by atoms with Gasteiger partial charge in [0.1, 0.15) is 11.9 Å². The quantitative estimate of drug-likeness (QED) is 0.574. The van der Waals surface area contributed by atoms with Crippen molar-refractivity contribution in [2.45, 2.75) is 43.4 Å². The molecule has 1 aliphatic carbocycles. The number of alkyl halides is 6.